The number of para-hydroxylation sites is 1. The Kier molecular flexibility index (Phi) is 5.86. The molecule has 2 heterocycles. The summed E-state index contributed by atoms with van der Waals surface area (Å²) < 4.78 is 6.32. The van der Waals surface area contributed by atoms with Crippen LogP contribution in [0.5, 0.6) is 5.75 Å². The van der Waals surface area contributed by atoms with Crippen LogP contribution in [0.25, 0.3) is 0 Å². The van der Waals surface area contributed by atoms with Crippen LogP contribution in [-0.2, 0) is 22.7 Å². The van der Waals surface area contributed by atoms with Crippen LogP contribution >= 0.6 is 0 Å². The average molecular weight is 455 g/mol. The molecule has 5 nitrogen and oxygen atoms in total. The summed E-state index contributed by atoms with van der Waals surface area (Å²) in [5.74, 6) is -0.494. The number of hydrogen-bond donors (Lipinski definition) is 0. The molecule has 2 bridgehead atoms. The van der Waals surface area contributed by atoms with E-state index in [-0.39, 0.29) is 17.7 Å². The maximum Gasteiger partial charge on any atom is 0.238 e. The second-order valence-corrected chi connectivity index (χ2v) is 9.35. The summed E-state index contributed by atoms with van der Waals surface area (Å²) in [5.41, 5.74) is 2.28. The van der Waals surface area contributed by atoms with E-state index in [2.05, 4.69) is 0 Å². The fourth-order valence-corrected chi connectivity index (χ4v) is 5.50. The Hall–Kier alpha value is -3.60. The lowest BCUT2D eigenvalue weighted by molar-refractivity contribution is -0.178. The normalized spacial score (nSPS) is 23.1. The molecule has 2 aliphatic heterocycles. The first-order chi connectivity index (χ1) is 16.5. The van der Waals surface area contributed by atoms with E-state index in [0.29, 0.717) is 26.1 Å². The molecule has 0 radical (unpaired) electrons. The summed E-state index contributed by atoms with van der Waals surface area (Å²) in [4.78, 5) is 31.6. The Morgan fingerprint density at radius 1 is 0.941 bits per heavy atom. The molecule has 2 amide bonds. The Bertz CT molecular complexity index is 1140. The molecule has 3 aromatic rings. The predicted octanol–water partition coefficient (Wildman–Crippen LogP) is 4.98. The van der Waals surface area contributed by atoms with E-state index in [9.17, 15) is 9.59 Å². The van der Waals surface area contributed by atoms with Gasteiger partial charge in [-0.2, -0.15) is 0 Å². The van der Waals surface area contributed by atoms with Gasteiger partial charge in [0.2, 0.25) is 11.8 Å². The minimum absolute atomic E-state index is 0.125. The quantitative estimate of drug-likeness (QED) is 0.494. The standard InChI is InChI=1S/C29H30N2O3/c1-3-31-28(33)26(24-18-29(31,2)34-25-17-11-10-16-23(24)25)27(32)30(19-21-12-6-4-7-13-21)20-22-14-8-5-9-15-22/h4-17,24,26H,3,18-20H2,1-2H3/t24-,26-,29+/m1/s1. The Balaban J connectivity index is 1.54. The van der Waals surface area contributed by atoms with Gasteiger partial charge in [0.1, 0.15) is 11.7 Å². The van der Waals surface area contributed by atoms with Crippen LogP contribution in [0, 0.1) is 5.92 Å². The number of carbonyl (C=O) groups excluding carboxylic acids is 2. The molecule has 3 aromatic carbocycles. The second kappa shape index (κ2) is 8.98. The van der Waals surface area contributed by atoms with E-state index in [1.54, 1.807) is 4.90 Å². The number of nitrogens with zero attached hydrogens (tertiary/aromatic N) is 2. The first kappa shape index (κ1) is 22.2. The van der Waals surface area contributed by atoms with E-state index in [0.717, 1.165) is 22.4 Å². The van der Waals surface area contributed by atoms with Crippen molar-refractivity contribution in [1.82, 2.24) is 9.80 Å². The molecule has 3 atom stereocenters. The molecule has 5 rings (SSSR count). The highest BCUT2D eigenvalue weighted by molar-refractivity contribution is 6.02. The van der Waals surface area contributed by atoms with Crippen molar-refractivity contribution < 1.29 is 14.3 Å². The van der Waals surface area contributed by atoms with E-state index in [1.165, 1.54) is 0 Å². The van der Waals surface area contributed by atoms with Crippen molar-refractivity contribution in [2.45, 2.75) is 45.0 Å². The maximum absolute atomic E-state index is 14.2. The predicted molar refractivity (Wildman–Crippen MR) is 131 cm³/mol. The zero-order chi connectivity index (χ0) is 23.7. The van der Waals surface area contributed by atoms with Gasteiger partial charge in [0.15, 0.2) is 5.72 Å². The molecule has 0 aromatic heterocycles. The van der Waals surface area contributed by atoms with Crippen molar-refractivity contribution in [3.63, 3.8) is 0 Å². The first-order valence-corrected chi connectivity index (χ1v) is 12.0. The SMILES string of the molecule is CCN1C(=O)[C@@H](C(=O)N(Cc2ccccc2)Cc2ccccc2)[C@@H]2C[C@]1(C)Oc1ccccc12. The highest BCUT2D eigenvalue weighted by Gasteiger charge is 2.56. The number of amides is 2. The van der Waals surface area contributed by atoms with Crippen LogP contribution in [-0.4, -0.2) is 33.9 Å². The Morgan fingerprint density at radius 3 is 2.09 bits per heavy atom. The van der Waals surface area contributed by atoms with Gasteiger partial charge in [-0.3, -0.25) is 9.59 Å². The summed E-state index contributed by atoms with van der Waals surface area (Å²) >= 11 is 0. The van der Waals surface area contributed by atoms with Crippen molar-refractivity contribution >= 4 is 11.8 Å². The van der Waals surface area contributed by atoms with Gasteiger partial charge in [-0.05, 0) is 36.6 Å². The number of fused-ring (bicyclic) bond motifs is 4. The molecule has 174 valence electrons. The number of rotatable bonds is 6. The third-order valence-corrected chi connectivity index (χ3v) is 7.08. The Morgan fingerprint density at radius 2 is 1.50 bits per heavy atom. The van der Waals surface area contributed by atoms with Gasteiger partial charge in [-0.1, -0.05) is 78.9 Å². The molecule has 34 heavy (non-hydrogen) atoms. The second-order valence-electron chi connectivity index (χ2n) is 9.35. The lowest BCUT2D eigenvalue weighted by atomic mass is 9.73. The maximum atomic E-state index is 14.2. The summed E-state index contributed by atoms with van der Waals surface area (Å²) in [6, 6.07) is 27.8. The van der Waals surface area contributed by atoms with Gasteiger partial charge in [0.25, 0.3) is 0 Å². The van der Waals surface area contributed by atoms with Gasteiger partial charge in [-0.25, -0.2) is 0 Å². The molecular formula is C29H30N2O3. The van der Waals surface area contributed by atoms with E-state index < -0.39 is 11.6 Å². The van der Waals surface area contributed by atoms with Crippen LogP contribution < -0.4 is 4.74 Å². The fourth-order valence-electron chi connectivity index (χ4n) is 5.50. The number of benzene rings is 3. The lowest BCUT2D eigenvalue weighted by Gasteiger charge is -2.53. The molecule has 1 saturated heterocycles. The van der Waals surface area contributed by atoms with Crippen LogP contribution in [0.1, 0.15) is 42.9 Å². The summed E-state index contributed by atoms with van der Waals surface area (Å²) in [6.45, 7) is 5.30. The molecule has 0 saturated carbocycles. The summed E-state index contributed by atoms with van der Waals surface area (Å²) in [7, 11) is 0. The third kappa shape index (κ3) is 3.96. The first-order valence-electron chi connectivity index (χ1n) is 12.0. The molecule has 0 N–H and O–H groups in total. The largest absolute Gasteiger partial charge is 0.468 e. The molecule has 1 fully saturated rings. The molecule has 0 aliphatic carbocycles. The van der Waals surface area contributed by atoms with Gasteiger partial charge >= 0.3 is 0 Å². The molecular weight excluding hydrogens is 424 g/mol. The monoisotopic (exact) mass is 454 g/mol. The van der Waals surface area contributed by atoms with Crippen LogP contribution in [0.15, 0.2) is 84.9 Å². The third-order valence-electron chi connectivity index (χ3n) is 7.08. The van der Waals surface area contributed by atoms with E-state index >= 15 is 0 Å². The number of carbonyl (C=O) groups is 2. The highest BCUT2D eigenvalue weighted by atomic mass is 16.5. The van der Waals surface area contributed by atoms with Crippen molar-refractivity contribution in [2.75, 3.05) is 6.54 Å². The number of likely N-dealkylation sites (tertiary alicyclic amines) is 1. The van der Waals surface area contributed by atoms with Crippen LogP contribution in [0.4, 0.5) is 0 Å². The van der Waals surface area contributed by atoms with Gasteiger partial charge in [0.05, 0.1) is 0 Å². The average Bonchev–Trinajstić information content (AvgIpc) is 2.84. The zero-order valence-corrected chi connectivity index (χ0v) is 19.7. The minimum atomic E-state index is -0.773. The fraction of sp³-hybridized carbons (Fsp3) is 0.310. The van der Waals surface area contributed by atoms with Crippen molar-refractivity contribution in [2.24, 2.45) is 5.92 Å². The molecule has 0 spiro atoms. The van der Waals surface area contributed by atoms with Gasteiger partial charge in [0, 0.05) is 32.0 Å². The van der Waals surface area contributed by atoms with Crippen molar-refractivity contribution in [3.05, 3.63) is 102 Å². The molecule has 2 aliphatic rings. The van der Waals surface area contributed by atoms with Crippen LogP contribution in [0.2, 0.25) is 0 Å². The number of ether oxygens (including phenoxy) is 1. The zero-order valence-electron chi connectivity index (χ0n) is 19.7. The molecule has 5 heteroatoms. The lowest BCUT2D eigenvalue weighted by Crippen LogP contribution is -2.64. The number of hydrogen-bond acceptors (Lipinski definition) is 3. The van der Waals surface area contributed by atoms with Crippen molar-refractivity contribution in [1.29, 1.82) is 0 Å². The topological polar surface area (TPSA) is 49.9 Å². The highest BCUT2D eigenvalue weighted by Crippen LogP contribution is 2.50. The summed E-state index contributed by atoms with van der Waals surface area (Å²) in [6.07, 6.45) is 0.602. The van der Waals surface area contributed by atoms with E-state index in [4.69, 9.17) is 4.74 Å². The Labute approximate surface area is 201 Å². The number of piperidine rings is 1. The molecule has 0 unspecified atom stereocenters. The van der Waals surface area contributed by atoms with Crippen LogP contribution in [0.3, 0.4) is 0 Å². The smallest absolute Gasteiger partial charge is 0.238 e. The van der Waals surface area contributed by atoms with E-state index in [1.807, 2.05) is 104 Å². The minimum Gasteiger partial charge on any atom is -0.468 e. The van der Waals surface area contributed by atoms with Gasteiger partial charge in [-0.15, -0.1) is 0 Å². The van der Waals surface area contributed by atoms with Crippen molar-refractivity contribution in [3.8, 4) is 5.75 Å². The summed E-state index contributed by atoms with van der Waals surface area (Å²) in [5, 5.41) is 0. The van der Waals surface area contributed by atoms with Gasteiger partial charge < -0.3 is 14.5 Å².